The molecule has 0 saturated carbocycles. The first-order chi connectivity index (χ1) is 5.54. The fraction of sp³-hybridized carbons (Fsp3) is 0.750. The minimum atomic E-state index is -0.0926. The van der Waals surface area contributed by atoms with Crippen molar-refractivity contribution < 1.29 is 4.79 Å². The Balaban J connectivity index is 4.47. The quantitative estimate of drug-likeness (QED) is 0.529. The smallest absolute Gasteiger partial charge is 0.138 e. The van der Waals surface area contributed by atoms with Gasteiger partial charge in [-0.05, 0) is 30.3 Å². The van der Waals surface area contributed by atoms with Gasteiger partial charge in [-0.1, -0.05) is 6.92 Å². The van der Waals surface area contributed by atoms with Crippen molar-refractivity contribution in [1.82, 2.24) is 5.32 Å². The van der Waals surface area contributed by atoms with Crippen LogP contribution >= 0.6 is 9.39 Å². The van der Waals surface area contributed by atoms with Crippen LogP contribution in [-0.2, 0) is 4.79 Å². The van der Waals surface area contributed by atoms with E-state index in [0.717, 1.165) is 5.71 Å². The molecule has 0 aliphatic rings. The van der Waals surface area contributed by atoms with E-state index in [0.29, 0.717) is 0 Å². The molecule has 0 aliphatic heterocycles. The number of carbonyl (C=O) groups excluding carboxylic acids is 1. The van der Waals surface area contributed by atoms with Crippen LogP contribution in [0.25, 0.3) is 0 Å². The zero-order valence-electron chi connectivity index (χ0n) is 8.09. The molecule has 3 nitrogen and oxygen atoms in total. The molecule has 0 rings (SSSR count). The van der Waals surface area contributed by atoms with Gasteiger partial charge in [-0.3, -0.25) is 9.56 Å². The molecule has 0 bridgehead atoms. The maximum absolute atomic E-state index is 11.0. The molecule has 4 heteroatoms. The van der Waals surface area contributed by atoms with E-state index in [9.17, 15) is 4.79 Å². The Hall–Kier alpha value is -0.270. The Kier molecular flexibility index (Phi) is 5.27. The lowest BCUT2D eigenvalue weighted by atomic mass is 9.97. The molecule has 3 atom stereocenters. The fourth-order valence-electron chi connectivity index (χ4n) is 0.955. The van der Waals surface area contributed by atoms with Crippen molar-refractivity contribution in [1.29, 1.82) is 0 Å². The molecule has 3 unspecified atom stereocenters. The number of Topliss-reactive ketones (excluding diaryl/α,β-unsaturated/α-hetero) is 1. The van der Waals surface area contributed by atoms with Gasteiger partial charge in [0.25, 0.3) is 0 Å². The van der Waals surface area contributed by atoms with Crippen LogP contribution in [-0.4, -0.2) is 24.6 Å². The van der Waals surface area contributed by atoms with E-state index in [1.54, 1.807) is 6.92 Å². The molecule has 0 aromatic carbocycles. The molecule has 0 aromatic heterocycles. The van der Waals surface area contributed by atoms with E-state index >= 15 is 0 Å². The van der Waals surface area contributed by atoms with Crippen molar-refractivity contribution in [3.8, 4) is 0 Å². The van der Waals surface area contributed by atoms with Crippen LogP contribution in [0.5, 0.6) is 0 Å². The molecule has 0 aromatic rings. The summed E-state index contributed by atoms with van der Waals surface area (Å²) in [7, 11) is 4.16. The van der Waals surface area contributed by atoms with Crippen LogP contribution in [0.15, 0.2) is 4.76 Å². The average Bonchev–Trinajstić information content (AvgIpc) is 2.05. The summed E-state index contributed by atoms with van der Waals surface area (Å²) in [5, 5.41) is 3.06. The third-order valence-electron chi connectivity index (χ3n) is 2.08. The summed E-state index contributed by atoms with van der Waals surface area (Å²) in [6.45, 7) is 5.45. The Morgan fingerprint density at radius 3 is 2.25 bits per heavy atom. The summed E-state index contributed by atoms with van der Waals surface area (Å²) < 4.78 is 4.03. The monoisotopic (exact) mass is 188 g/mol. The maximum atomic E-state index is 11.0. The van der Waals surface area contributed by atoms with E-state index in [-0.39, 0.29) is 17.7 Å². The van der Waals surface area contributed by atoms with Gasteiger partial charge in [-0.2, -0.15) is 0 Å². The number of rotatable bonds is 4. The van der Waals surface area contributed by atoms with Gasteiger partial charge >= 0.3 is 0 Å². The molecule has 0 spiro atoms. The number of hydrogen-bond acceptors (Lipinski definition) is 3. The van der Waals surface area contributed by atoms with Crippen molar-refractivity contribution in [2.75, 3.05) is 7.05 Å². The lowest BCUT2D eigenvalue weighted by Gasteiger charge is -2.17. The topological polar surface area (TPSA) is 41.5 Å². The van der Waals surface area contributed by atoms with Crippen LogP contribution in [0, 0.1) is 5.92 Å². The van der Waals surface area contributed by atoms with Crippen molar-refractivity contribution >= 4 is 20.9 Å². The van der Waals surface area contributed by atoms with Crippen molar-refractivity contribution in [2.24, 2.45) is 10.7 Å². The Morgan fingerprint density at radius 2 is 2.00 bits per heavy atom. The van der Waals surface area contributed by atoms with E-state index in [1.807, 2.05) is 20.9 Å². The second-order valence-corrected chi connectivity index (χ2v) is 3.15. The lowest BCUT2D eigenvalue weighted by molar-refractivity contribution is -0.118. The van der Waals surface area contributed by atoms with E-state index in [1.165, 1.54) is 0 Å². The highest BCUT2D eigenvalue weighted by Crippen LogP contribution is 2.07. The van der Waals surface area contributed by atoms with Gasteiger partial charge in [0.05, 0.1) is 5.92 Å². The molecule has 0 aliphatic carbocycles. The lowest BCUT2D eigenvalue weighted by Crippen LogP contribution is -2.36. The van der Waals surface area contributed by atoms with Gasteiger partial charge in [0.2, 0.25) is 0 Å². The van der Waals surface area contributed by atoms with Gasteiger partial charge in [0.1, 0.15) is 5.78 Å². The number of carbonyl (C=O) groups is 1. The first kappa shape index (κ1) is 11.7. The van der Waals surface area contributed by atoms with Gasteiger partial charge in [-0.15, -0.1) is 0 Å². The summed E-state index contributed by atoms with van der Waals surface area (Å²) in [6.07, 6.45) is 0. The van der Waals surface area contributed by atoms with Crippen LogP contribution < -0.4 is 5.32 Å². The molecule has 0 heterocycles. The fourth-order valence-corrected chi connectivity index (χ4v) is 1.40. The molecule has 0 fully saturated rings. The third-order valence-corrected chi connectivity index (χ3v) is 2.38. The molecular formula is C8H17N2OP. The number of nitrogens with zero attached hydrogens (tertiary/aromatic N) is 1. The zero-order chi connectivity index (χ0) is 9.72. The second-order valence-electron chi connectivity index (χ2n) is 2.90. The predicted octanol–water partition coefficient (Wildman–Crippen LogP) is 1.05. The van der Waals surface area contributed by atoms with Crippen LogP contribution in [0.4, 0.5) is 0 Å². The summed E-state index contributed by atoms with van der Waals surface area (Å²) in [5.41, 5.74) is 0.884. The standard InChI is InChI=1S/C8H17N2OP/c1-5(7(3)11)8(10-12)6(2)9-4/h5-6,9H,12H2,1-4H3. The highest BCUT2D eigenvalue weighted by Gasteiger charge is 2.18. The minimum Gasteiger partial charge on any atom is -0.312 e. The average molecular weight is 188 g/mol. The maximum Gasteiger partial charge on any atom is 0.138 e. The van der Waals surface area contributed by atoms with E-state index in [4.69, 9.17) is 0 Å². The number of ketones is 1. The van der Waals surface area contributed by atoms with E-state index < -0.39 is 0 Å². The molecule has 12 heavy (non-hydrogen) atoms. The zero-order valence-corrected chi connectivity index (χ0v) is 9.24. The van der Waals surface area contributed by atoms with Crippen molar-refractivity contribution in [3.05, 3.63) is 0 Å². The predicted molar refractivity (Wildman–Crippen MR) is 55.5 cm³/mol. The molecule has 0 radical (unpaired) electrons. The highest BCUT2D eigenvalue weighted by molar-refractivity contribution is 7.15. The number of hydrogen-bond donors (Lipinski definition) is 1. The van der Waals surface area contributed by atoms with E-state index in [2.05, 4.69) is 19.5 Å². The van der Waals surface area contributed by atoms with Gasteiger partial charge < -0.3 is 5.32 Å². The van der Waals surface area contributed by atoms with Crippen molar-refractivity contribution in [3.63, 3.8) is 0 Å². The Morgan fingerprint density at radius 1 is 1.50 bits per heavy atom. The van der Waals surface area contributed by atoms with Gasteiger partial charge in [-0.25, -0.2) is 0 Å². The SMILES string of the molecule is CNC(C)C(=NP)C(C)C(C)=O. The largest absolute Gasteiger partial charge is 0.312 e. The van der Waals surface area contributed by atoms with Crippen LogP contribution in [0.1, 0.15) is 20.8 Å². The normalized spacial score (nSPS) is 17.2. The van der Waals surface area contributed by atoms with Crippen LogP contribution in [0.2, 0.25) is 0 Å². The molecule has 0 saturated heterocycles. The summed E-state index contributed by atoms with van der Waals surface area (Å²) in [6, 6.07) is 0.154. The van der Waals surface area contributed by atoms with Gasteiger partial charge in [0, 0.05) is 11.8 Å². The number of nitrogens with one attached hydrogen (secondary N) is 1. The first-order valence-corrected chi connectivity index (χ1v) is 4.51. The van der Waals surface area contributed by atoms with Gasteiger partial charge in [0.15, 0.2) is 0 Å². The summed E-state index contributed by atoms with van der Waals surface area (Å²) in [4.78, 5) is 11.0. The molecule has 1 N–H and O–H groups in total. The Labute approximate surface area is 76.3 Å². The Bertz CT molecular complexity index is 191. The summed E-state index contributed by atoms with van der Waals surface area (Å²) >= 11 is 0. The second kappa shape index (κ2) is 5.39. The molecular weight excluding hydrogens is 171 g/mol. The minimum absolute atomic E-state index is 0.0926. The van der Waals surface area contributed by atoms with Crippen molar-refractivity contribution in [2.45, 2.75) is 26.8 Å². The van der Waals surface area contributed by atoms with Crippen LogP contribution in [0.3, 0.4) is 0 Å². The molecule has 0 amide bonds. The highest BCUT2D eigenvalue weighted by atomic mass is 31.0. The molecule has 70 valence electrons. The third kappa shape index (κ3) is 3.00. The summed E-state index contributed by atoms with van der Waals surface area (Å²) in [5.74, 6) is 0.0586. The first-order valence-electron chi connectivity index (χ1n) is 4.00.